The van der Waals surface area contributed by atoms with Crippen molar-refractivity contribution in [3.05, 3.63) is 35.0 Å². The molecule has 1 saturated heterocycles. The summed E-state index contributed by atoms with van der Waals surface area (Å²) in [5, 5.41) is 14.4. The lowest BCUT2D eigenvalue weighted by Gasteiger charge is -2.31. The summed E-state index contributed by atoms with van der Waals surface area (Å²) in [7, 11) is 0. The van der Waals surface area contributed by atoms with Gasteiger partial charge in [0.2, 0.25) is 11.8 Å². The van der Waals surface area contributed by atoms with Crippen LogP contribution in [-0.2, 0) is 9.59 Å². The number of nitrogens with one attached hydrogen (secondary N) is 3. The van der Waals surface area contributed by atoms with Gasteiger partial charge >= 0.3 is 0 Å². The molecule has 3 aromatic rings. The Bertz CT molecular complexity index is 1020. The third-order valence-corrected chi connectivity index (χ3v) is 6.22. The first kappa shape index (κ1) is 19.5. The number of hydrogen-bond donors (Lipinski definition) is 3. The molecular formula is C20H24N6O2S. The van der Waals surface area contributed by atoms with E-state index in [9.17, 15) is 9.59 Å². The fraction of sp³-hybridized carbons (Fsp3) is 0.400. The zero-order valence-electron chi connectivity index (χ0n) is 16.5. The normalized spacial score (nSPS) is 17.4. The fourth-order valence-electron chi connectivity index (χ4n) is 3.56. The van der Waals surface area contributed by atoms with E-state index in [1.165, 1.54) is 11.3 Å². The minimum absolute atomic E-state index is 0.0138. The zero-order valence-corrected chi connectivity index (χ0v) is 17.3. The maximum Gasteiger partial charge on any atom is 0.240 e. The molecule has 1 fully saturated rings. The Balaban J connectivity index is 1.32. The molecule has 1 aromatic carbocycles. The minimum atomic E-state index is -0.140. The van der Waals surface area contributed by atoms with Crippen molar-refractivity contribution in [3.63, 3.8) is 0 Å². The summed E-state index contributed by atoms with van der Waals surface area (Å²) < 4.78 is 0. The van der Waals surface area contributed by atoms with Crippen LogP contribution in [-0.4, -0.2) is 51.5 Å². The van der Waals surface area contributed by atoms with E-state index in [2.05, 4.69) is 25.8 Å². The Kier molecular flexibility index (Phi) is 5.59. The standard InChI is InChI=1S/C20H24N6O2S/c1-12-13(2)29-20(22-12)24-18(27)11-26-7-3-4-15(10-26)19(28)23-16-6-5-14-9-21-25-17(14)8-16/h5-6,8-9,15H,3-4,7,10-11H2,1-2H3,(H,21,25)(H,23,28)(H,22,24,27). The second-order valence-electron chi connectivity index (χ2n) is 7.44. The number of thiazole rings is 1. The molecule has 8 nitrogen and oxygen atoms in total. The smallest absolute Gasteiger partial charge is 0.240 e. The number of fused-ring (bicyclic) bond motifs is 1. The summed E-state index contributed by atoms with van der Waals surface area (Å²) >= 11 is 1.48. The lowest BCUT2D eigenvalue weighted by Crippen LogP contribution is -2.43. The number of piperidine rings is 1. The summed E-state index contributed by atoms with van der Waals surface area (Å²) in [5.74, 6) is -0.247. The Morgan fingerprint density at radius 3 is 2.97 bits per heavy atom. The van der Waals surface area contributed by atoms with Crippen molar-refractivity contribution in [2.45, 2.75) is 26.7 Å². The molecule has 2 aromatic heterocycles. The number of rotatable bonds is 5. The van der Waals surface area contributed by atoms with Crippen molar-refractivity contribution >= 4 is 44.9 Å². The Morgan fingerprint density at radius 1 is 1.31 bits per heavy atom. The molecule has 0 radical (unpaired) electrons. The topological polar surface area (TPSA) is 103 Å². The van der Waals surface area contributed by atoms with Gasteiger partial charge in [-0.3, -0.25) is 19.6 Å². The quantitative estimate of drug-likeness (QED) is 0.598. The van der Waals surface area contributed by atoms with Gasteiger partial charge in [0.15, 0.2) is 5.13 Å². The van der Waals surface area contributed by atoms with Gasteiger partial charge in [-0.1, -0.05) is 0 Å². The number of benzene rings is 1. The number of carbonyl (C=O) groups excluding carboxylic acids is 2. The number of carbonyl (C=O) groups is 2. The predicted molar refractivity (Wildman–Crippen MR) is 114 cm³/mol. The molecule has 0 spiro atoms. The number of aromatic nitrogens is 3. The molecule has 0 saturated carbocycles. The monoisotopic (exact) mass is 412 g/mol. The van der Waals surface area contributed by atoms with Gasteiger partial charge < -0.3 is 10.6 Å². The van der Waals surface area contributed by atoms with E-state index < -0.39 is 0 Å². The van der Waals surface area contributed by atoms with Gasteiger partial charge in [-0.05, 0) is 51.4 Å². The first-order valence-corrected chi connectivity index (χ1v) is 10.5. The number of likely N-dealkylation sites (tertiary alicyclic amines) is 1. The van der Waals surface area contributed by atoms with E-state index in [0.717, 1.165) is 46.5 Å². The van der Waals surface area contributed by atoms with Crippen molar-refractivity contribution in [1.29, 1.82) is 0 Å². The fourth-order valence-corrected chi connectivity index (χ4v) is 4.39. The van der Waals surface area contributed by atoms with Crippen molar-refractivity contribution < 1.29 is 9.59 Å². The molecule has 152 valence electrons. The van der Waals surface area contributed by atoms with Crippen LogP contribution in [0.4, 0.5) is 10.8 Å². The lowest BCUT2D eigenvalue weighted by molar-refractivity contribution is -0.123. The van der Waals surface area contributed by atoms with Gasteiger partial charge in [0, 0.05) is 22.5 Å². The highest BCUT2D eigenvalue weighted by atomic mass is 32.1. The molecule has 1 aliphatic heterocycles. The van der Waals surface area contributed by atoms with Crippen LogP contribution >= 0.6 is 11.3 Å². The van der Waals surface area contributed by atoms with Crippen LogP contribution in [0, 0.1) is 19.8 Å². The number of hydrogen-bond acceptors (Lipinski definition) is 6. The number of amides is 2. The van der Waals surface area contributed by atoms with Crippen LogP contribution < -0.4 is 10.6 Å². The number of anilines is 2. The van der Waals surface area contributed by atoms with Crippen LogP contribution in [0.1, 0.15) is 23.4 Å². The maximum atomic E-state index is 12.7. The molecule has 1 unspecified atom stereocenters. The molecular weight excluding hydrogens is 388 g/mol. The number of aromatic amines is 1. The van der Waals surface area contributed by atoms with Gasteiger partial charge in [0.1, 0.15) is 0 Å². The SMILES string of the molecule is Cc1nc(NC(=O)CN2CCCC(C(=O)Nc3ccc4cn[nH]c4c3)C2)sc1C. The van der Waals surface area contributed by atoms with Gasteiger partial charge in [-0.25, -0.2) is 4.98 Å². The van der Waals surface area contributed by atoms with Crippen LogP contribution in [0.25, 0.3) is 10.9 Å². The van der Waals surface area contributed by atoms with E-state index >= 15 is 0 Å². The van der Waals surface area contributed by atoms with E-state index in [1.54, 1.807) is 6.20 Å². The van der Waals surface area contributed by atoms with E-state index in [1.807, 2.05) is 36.9 Å². The highest BCUT2D eigenvalue weighted by Crippen LogP contribution is 2.23. The van der Waals surface area contributed by atoms with Crippen molar-refractivity contribution in [3.8, 4) is 0 Å². The number of nitrogens with zero attached hydrogens (tertiary/aromatic N) is 3. The minimum Gasteiger partial charge on any atom is -0.326 e. The zero-order chi connectivity index (χ0) is 20.4. The molecule has 1 atom stereocenters. The largest absolute Gasteiger partial charge is 0.326 e. The Labute approximate surface area is 172 Å². The number of H-pyrrole nitrogens is 1. The van der Waals surface area contributed by atoms with Gasteiger partial charge in [0.25, 0.3) is 0 Å². The van der Waals surface area contributed by atoms with E-state index in [4.69, 9.17) is 0 Å². The summed E-state index contributed by atoms with van der Waals surface area (Å²) in [6.45, 7) is 5.57. The van der Waals surface area contributed by atoms with Crippen LogP contribution in [0.2, 0.25) is 0 Å². The Morgan fingerprint density at radius 2 is 2.17 bits per heavy atom. The molecule has 3 heterocycles. The molecule has 4 rings (SSSR count). The predicted octanol–water partition coefficient (Wildman–Crippen LogP) is 2.93. The molecule has 3 N–H and O–H groups in total. The first-order chi connectivity index (χ1) is 14.0. The summed E-state index contributed by atoms with van der Waals surface area (Å²) in [6, 6.07) is 5.68. The molecule has 2 amide bonds. The van der Waals surface area contributed by atoms with Crippen LogP contribution in [0.3, 0.4) is 0 Å². The first-order valence-electron chi connectivity index (χ1n) is 9.68. The molecule has 0 aliphatic carbocycles. The molecule has 9 heteroatoms. The van der Waals surface area contributed by atoms with E-state index in [0.29, 0.717) is 11.7 Å². The summed E-state index contributed by atoms with van der Waals surface area (Å²) in [4.78, 5) is 32.6. The lowest BCUT2D eigenvalue weighted by atomic mass is 9.97. The summed E-state index contributed by atoms with van der Waals surface area (Å²) in [6.07, 6.45) is 3.46. The van der Waals surface area contributed by atoms with Gasteiger partial charge in [-0.15, -0.1) is 11.3 Å². The molecule has 0 bridgehead atoms. The van der Waals surface area contributed by atoms with E-state index in [-0.39, 0.29) is 24.3 Å². The van der Waals surface area contributed by atoms with Crippen molar-refractivity contribution in [1.82, 2.24) is 20.1 Å². The number of aryl methyl sites for hydroxylation is 2. The van der Waals surface area contributed by atoms with Crippen molar-refractivity contribution in [2.75, 3.05) is 30.3 Å². The summed E-state index contributed by atoms with van der Waals surface area (Å²) in [5.41, 5.74) is 2.57. The second kappa shape index (κ2) is 8.30. The highest BCUT2D eigenvalue weighted by Gasteiger charge is 2.27. The van der Waals surface area contributed by atoms with Crippen molar-refractivity contribution in [2.24, 2.45) is 5.92 Å². The molecule has 29 heavy (non-hydrogen) atoms. The Hall–Kier alpha value is -2.78. The van der Waals surface area contributed by atoms with Gasteiger partial charge in [0.05, 0.1) is 29.9 Å². The third kappa shape index (κ3) is 4.63. The van der Waals surface area contributed by atoms with Crippen LogP contribution in [0.5, 0.6) is 0 Å². The van der Waals surface area contributed by atoms with Gasteiger partial charge in [-0.2, -0.15) is 5.10 Å². The highest BCUT2D eigenvalue weighted by molar-refractivity contribution is 7.15. The third-order valence-electron chi connectivity index (χ3n) is 5.23. The second-order valence-corrected chi connectivity index (χ2v) is 8.65. The molecule has 1 aliphatic rings. The average Bonchev–Trinajstić information content (AvgIpc) is 3.27. The average molecular weight is 413 g/mol. The maximum absolute atomic E-state index is 12.7. The van der Waals surface area contributed by atoms with Crippen LogP contribution in [0.15, 0.2) is 24.4 Å².